The van der Waals surface area contributed by atoms with Gasteiger partial charge in [0.15, 0.2) is 0 Å². The summed E-state index contributed by atoms with van der Waals surface area (Å²) in [6.07, 6.45) is 8.36. The maximum absolute atomic E-state index is 11.8. The molecule has 4 rings (SSSR count). The number of para-hydroxylation sites is 1. The lowest BCUT2D eigenvalue weighted by atomic mass is 9.88. The van der Waals surface area contributed by atoms with Gasteiger partial charge in [-0.05, 0) is 51.9 Å². The molecule has 6 nitrogen and oxygen atoms in total. The number of hydrogen-bond acceptors (Lipinski definition) is 6. The van der Waals surface area contributed by atoms with Crippen LogP contribution in [-0.4, -0.2) is 41.9 Å². The van der Waals surface area contributed by atoms with Crippen molar-refractivity contribution in [3.05, 3.63) is 47.7 Å². The van der Waals surface area contributed by atoms with Crippen molar-refractivity contribution < 1.29 is 4.79 Å². The van der Waals surface area contributed by atoms with Crippen molar-refractivity contribution >= 4 is 28.8 Å². The van der Waals surface area contributed by atoms with Crippen LogP contribution in [0.1, 0.15) is 24.6 Å². The van der Waals surface area contributed by atoms with Crippen LogP contribution in [-0.2, 0) is 4.79 Å². The molecule has 2 aliphatic heterocycles. The van der Waals surface area contributed by atoms with Crippen molar-refractivity contribution in [2.75, 3.05) is 18.9 Å². The first-order chi connectivity index (χ1) is 13.6. The summed E-state index contributed by atoms with van der Waals surface area (Å²) in [6.45, 7) is 4.93. The Hall–Kier alpha value is -2.73. The molecule has 0 spiro atoms. The summed E-state index contributed by atoms with van der Waals surface area (Å²) in [5, 5.41) is 10.4. The number of aryl methyl sites for hydroxylation is 1. The molecule has 4 bridgehead atoms. The number of benzene rings is 1. The average molecular weight is 377 g/mol. The van der Waals surface area contributed by atoms with Crippen LogP contribution < -0.4 is 16.0 Å². The van der Waals surface area contributed by atoms with Crippen molar-refractivity contribution in [2.24, 2.45) is 11.8 Å². The monoisotopic (exact) mass is 377 g/mol. The van der Waals surface area contributed by atoms with Crippen LogP contribution in [0.3, 0.4) is 0 Å². The van der Waals surface area contributed by atoms with E-state index < -0.39 is 0 Å². The zero-order valence-electron chi connectivity index (χ0n) is 16.6. The van der Waals surface area contributed by atoms with Gasteiger partial charge in [-0.3, -0.25) is 0 Å². The van der Waals surface area contributed by atoms with Crippen LogP contribution in [0.25, 0.3) is 16.7 Å². The summed E-state index contributed by atoms with van der Waals surface area (Å²) in [6, 6.07) is 6.23. The van der Waals surface area contributed by atoms with Gasteiger partial charge in [-0.2, -0.15) is 0 Å². The van der Waals surface area contributed by atoms with E-state index >= 15 is 0 Å². The number of anilines is 1. The second-order valence-corrected chi connectivity index (χ2v) is 7.71. The van der Waals surface area contributed by atoms with Gasteiger partial charge < -0.3 is 20.7 Å². The van der Waals surface area contributed by atoms with Gasteiger partial charge >= 0.3 is 0 Å². The highest BCUT2D eigenvalue weighted by Gasteiger charge is 2.33. The van der Waals surface area contributed by atoms with Crippen molar-refractivity contribution in [3.8, 4) is 0 Å². The Morgan fingerprint density at radius 1 is 1.29 bits per heavy atom. The van der Waals surface area contributed by atoms with Crippen molar-refractivity contribution in [3.63, 3.8) is 0 Å². The Kier molecular flexibility index (Phi) is 5.13. The number of hydrogen-bond donors (Lipinski definition) is 3. The van der Waals surface area contributed by atoms with Gasteiger partial charge in [0, 0.05) is 23.3 Å². The zero-order valence-corrected chi connectivity index (χ0v) is 16.6. The van der Waals surface area contributed by atoms with Crippen LogP contribution >= 0.6 is 0 Å². The predicted molar refractivity (Wildman–Crippen MR) is 113 cm³/mol. The molecule has 3 N–H and O–H groups in total. The lowest BCUT2D eigenvalue weighted by Crippen LogP contribution is -2.41. The Bertz CT molecular complexity index is 951. The minimum absolute atomic E-state index is 0.0572. The Labute approximate surface area is 165 Å². The highest BCUT2D eigenvalue weighted by Crippen LogP contribution is 2.32. The highest BCUT2D eigenvalue weighted by molar-refractivity contribution is 5.91. The van der Waals surface area contributed by atoms with E-state index in [1.165, 1.54) is 0 Å². The third kappa shape index (κ3) is 3.40. The molecule has 2 aliphatic rings. The number of nitrogens with one attached hydrogen (secondary N) is 3. The molecule has 4 unspecified atom stereocenters. The Balaban J connectivity index is 1.88. The molecular formula is C22H27N5O. The van der Waals surface area contributed by atoms with Crippen LogP contribution in [0.5, 0.6) is 0 Å². The molecule has 3 heterocycles. The maximum atomic E-state index is 11.8. The lowest BCUT2D eigenvalue weighted by molar-refractivity contribution is -0.110. The number of rotatable bonds is 3. The molecule has 28 heavy (non-hydrogen) atoms. The maximum Gasteiger partial charge on any atom is 0.148 e. The van der Waals surface area contributed by atoms with Crippen molar-refractivity contribution in [1.29, 1.82) is 0 Å². The van der Waals surface area contributed by atoms with Crippen LogP contribution in [0, 0.1) is 18.8 Å². The van der Waals surface area contributed by atoms with Crippen molar-refractivity contribution in [2.45, 2.75) is 32.4 Å². The SMILES string of the molecule is CNCC1C/C=C/C(C)Nc2nc3c(cccc3nc2C)C2=CC(C=O)C1N2. The van der Waals surface area contributed by atoms with Crippen LogP contribution in [0.4, 0.5) is 5.82 Å². The summed E-state index contributed by atoms with van der Waals surface area (Å²) in [4.78, 5) is 21.5. The van der Waals surface area contributed by atoms with Crippen molar-refractivity contribution in [1.82, 2.24) is 20.6 Å². The fourth-order valence-electron chi connectivity index (χ4n) is 4.20. The molecule has 0 saturated heterocycles. The minimum atomic E-state index is -0.159. The number of aldehydes is 1. The Morgan fingerprint density at radius 3 is 2.93 bits per heavy atom. The van der Waals surface area contributed by atoms with Crippen LogP contribution in [0.15, 0.2) is 36.4 Å². The zero-order chi connectivity index (χ0) is 19.7. The van der Waals surface area contributed by atoms with E-state index in [1.807, 2.05) is 38.2 Å². The number of allylic oxidation sites excluding steroid dienone is 1. The fraction of sp³-hybridized carbons (Fsp3) is 0.409. The highest BCUT2D eigenvalue weighted by atomic mass is 16.1. The standard InChI is InChI=1S/C22H27N5O/c1-13-6-4-7-15(11-23-3)20-16(12-28)10-19(26-20)17-8-5-9-18-21(17)27-22(24-13)14(2)25-18/h4-6,8-10,12-13,15-16,20,23,26H,7,11H2,1-3H3,(H,24,27)/b6-4+. The van der Waals surface area contributed by atoms with E-state index in [2.05, 4.69) is 35.0 Å². The molecule has 1 aromatic carbocycles. The molecule has 1 aromatic heterocycles. The average Bonchev–Trinajstić information content (AvgIpc) is 3.11. The molecule has 0 amide bonds. The molecule has 0 aliphatic carbocycles. The quantitative estimate of drug-likeness (QED) is 0.564. The van der Waals surface area contributed by atoms with E-state index in [-0.39, 0.29) is 18.0 Å². The van der Waals surface area contributed by atoms with Gasteiger partial charge in [-0.25, -0.2) is 9.97 Å². The normalized spacial score (nSPS) is 27.8. The predicted octanol–water partition coefficient (Wildman–Crippen LogP) is 2.66. The largest absolute Gasteiger partial charge is 0.381 e. The first-order valence-corrected chi connectivity index (χ1v) is 9.90. The summed E-state index contributed by atoms with van der Waals surface area (Å²) in [5.74, 6) is 0.937. The van der Waals surface area contributed by atoms with E-state index in [4.69, 9.17) is 9.97 Å². The summed E-state index contributed by atoms with van der Waals surface area (Å²) >= 11 is 0. The molecular weight excluding hydrogens is 350 g/mol. The molecule has 0 saturated carbocycles. The topological polar surface area (TPSA) is 78.9 Å². The number of nitrogens with zero attached hydrogens (tertiary/aromatic N) is 2. The van der Waals surface area contributed by atoms with E-state index in [0.717, 1.165) is 53.1 Å². The number of aromatic nitrogens is 2. The van der Waals surface area contributed by atoms with E-state index in [1.54, 1.807) is 0 Å². The second kappa shape index (κ2) is 7.72. The number of carbonyl (C=O) groups is 1. The third-order valence-electron chi connectivity index (χ3n) is 5.61. The van der Waals surface area contributed by atoms with E-state index in [9.17, 15) is 4.79 Å². The first kappa shape index (κ1) is 18.6. The minimum Gasteiger partial charge on any atom is -0.381 e. The molecule has 146 valence electrons. The van der Waals surface area contributed by atoms with Crippen LogP contribution in [0.2, 0.25) is 0 Å². The molecule has 6 heteroatoms. The van der Waals surface area contributed by atoms with Gasteiger partial charge in [0.1, 0.15) is 17.6 Å². The van der Waals surface area contributed by atoms with Gasteiger partial charge in [0.25, 0.3) is 0 Å². The number of fused-ring (bicyclic) bond motifs is 4. The lowest BCUT2D eigenvalue weighted by Gasteiger charge is -2.27. The molecule has 2 aromatic rings. The smallest absolute Gasteiger partial charge is 0.148 e. The molecule has 0 fully saturated rings. The third-order valence-corrected chi connectivity index (χ3v) is 5.61. The van der Waals surface area contributed by atoms with E-state index in [0.29, 0.717) is 5.92 Å². The van der Waals surface area contributed by atoms with Gasteiger partial charge in [0.05, 0.1) is 17.1 Å². The van der Waals surface area contributed by atoms with Gasteiger partial charge in [-0.1, -0.05) is 24.3 Å². The van der Waals surface area contributed by atoms with Gasteiger partial charge in [-0.15, -0.1) is 0 Å². The summed E-state index contributed by atoms with van der Waals surface area (Å²) in [5.41, 5.74) is 4.55. The number of carbonyl (C=O) groups excluding carboxylic acids is 1. The molecule has 4 atom stereocenters. The van der Waals surface area contributed by atoms with Gasteiger partial charge in [0.2, 0.25) is 0 Å². The fourth-order valence-corrected chi connectivity index (χ4v) is 4.20. The summed E-state index contributed by atoms with van der Waals surface area (Å²) in [7, 11) is 1.96. The second-order valence-electron chi connectivity index (χ2n) is 7.71. The summed E-state index contributed by atoms with van der Waals surface area (Å²) < 4.78 is 0. The molecule has 0 radical (unpaired) electrons. The Morgan fingerprint density at radius 2 is 2.14 bits per heavy atom. The first-order valence-electron chi connectivity index (χ1n) is 9.90.